The highest BCUT2D eigenvalue weighted by Crippen LogP contribution is 2.19. The average Bonchev–Trinajstić information content (AvgIpc) is 3.29. The van der Waals surface area contributed by atoms with E-state index in [-0.39, 0.29) is 57.1 Å². The summed E-state index contributed by atoms with van der Waals surface area (Å²) in [5.74, 6) is -1.88. The van der Waals surface area contributed by atoms with Gasteiger partial charge in [-0.25, -0.2) is 14.4 Å². The third kappa shape index (κ3) is 17.5. The smallest absolute Gasteiger partial charge is 0.445 e. The van der Waals surface area contributed by atoms with E-state index in [1.165, 1.54) is 36.4 Å². The van der Waals surface area contributed by atoms with Crippen molar-refractivity contribution in [2.24, 2.45) is 0 Å². The van der Waals surface area contributed by atoms with Crippen molar-refractivity contribution >= 4 is 47.4 Å². The largest absolute Gasteiger partial charge is 0.514 e. The molecule has 0 fully saturated rings. The van der Waals surface area contributed by atoms with E-state index < -0.39 is 59.1 Å². The van der Waals surface area contributed by atoms with E-state index in [0.717, 1.165) is 5.56 Å². The minimum Gasteiger partial charge on any atom is -0.445 e. The third-order valence-corrected chi connectivity index (χ3v) is 9.12. The fraction of sp³-hybridized carbons (Fsp3) is 0.261. The molecule has 18 heteroatoms. The number of hydrogen-bond acceptors (Lipinski definition) is 12. The molecular formula is C46H50N6O12. The Kier molecular flexibility index (Phi) is 20.0. The molecule has 0 aliphatic rings. The molecule has 0 saturated carbocycles. The van der Waals surface area contributed by atoms with Crippen LogP contribution in [0, 0.1) is 10.1 Å². The first-order valence-electron chi connectivity index (χ1n) is 20.2. The molecule has 0 unspecified atom stereocenters. The highest BCUT2D eigenvalue weighted by atomic mass is 16.7. The highest BCUT2D eigenvalue weighted by Gasteiger charge is 2.30. The number of nitrogens with one attached hydrogen (secondary N) is 5. The van der Waals surface area contributed by atoms with Gasteiger partial charge in [0.2, 0.25) is 17.7 Å². The Hall–Kier alpha value is -8.02. The van der Waals surface area contributed by atoms with E-state index in [4.69, 9.17) is 18.9 Å². The number of unbranched alkanes of at least 4 members (excludes halogenated alkanes) is 1. The van der Waals surface area contributed by atoms with Crippen LogP contribution in [-0.4, -0.2) is 78.9 Å². The topological polar surface area (TPSA) is 243 Å². The Bertz CT molecular complexity index is 2190. The fourth-order valence-electron chi connectivity index (χ4n) is 5.92. The summed E-state index contributed by atoms with van der Waals surface area (Å²) in [6, 6.07) is 25.6. The van der Waals surface area contributed by atoms with Crippen molar-refractivity contribution in [3.05, 3.63) is 161 Å². The Labute approximate surface area is 369 Å². The number of benzene rings is 4. The van der Waals surface area contributed by atoms with E-state index in [1.807, 2.05) is 6.07 Å². The first-order valence-corrected chi connectivity index (χ1v) is 20.2. The van der Waals surface area contributed by atoms with Crippen LogP contribution in [0.4, 0.5) is 25.8 Å². The minimum absolute atomic E-state index is 0.0351. The number of nitrogens with zero attached hydrogens (tertiary/aromatic N) is 1. The Morgan fingerprint density at radius 1 is 0.609 bits per heavy atom. The lowest BCUT2D eigenvalue weighted by Crippen LogP contribution is -2.57. The van der Waals surface area contributed by atoms with Crippen LogP contribution < -0.4 is 31.3 Å². The molecule has 0 aliphatic heterocycles. The van der Waals surface area contributed by atoms with Crippen molar-refractivity contribution < 1.29 is 52.6 Å². The van der Waals surface area contributed by atoms with E-state index in [0.29, 0.717) is 29.7 Å². The maximum atomic E-state index is 14.2. The number of carbonyl (C=O) groups excluding carboxylic acids is 6. The SMILES string of the molecule is C=CCOC(=O)NCCCC[C@H](NC(=O)[C@H](Cc1ccccc1)NC(=O)[C@H](Cc1ccccc1)NC(=O)OCC=C)C(=O)Nc1ccc(COC(=O)Oc2ccc([N+](=O)[O-])cc2)cc1. The summed E-state index contributed by atoms with van der Waals surface area (Å²) in [7, 11) is 0. The predicted molar refractivity (Wildman–Crippen MR) is 235 cm³/mol. The molecule has 0 aliphatic carbocycles. The number of anilines is 1. The number of nitro benzene ring substituents is 1. The van der Waals surface area contributed by atoms with Gasteiger partial charge in [-0.2, -0.15) is 0 Å². The summed E-state index contributed by atoms with van der Waals surface area (Å²) in [4.78, 5) is 89.1. The van der Waals surface area contributed by atoms with Gasteiger partial charge in [0.25, 0.3) is 5.69 Å². The standard InChI is InChI=1S/C46H50N6O12/c1-3-27-61-44(56)47-26-12-11-17-38(41(53)48-35-20-18-34(19-21-35)31-63-46(58)64-37-24-22-36(23-25-37)52(59)60)49-42(54)39(29-32-13-7-5-8-14-32)50-43(55)40(51-45(57)62-28-4-2)30-33-15-9-6-10-16-33/h3-10,13-16,18-25,38-40H,1-2,11-12,17,26-31H2,(H,47,56)(H,48,53)(H,49,54)(H,50,55)(H,51,57)/t38-,39-,40-/m0/s1. The van der Waals surface area contributed by atoms with Crippen LogP contribution in [0.5, 0.6) is 5.75 Å². The van der Waals surface area contributed by atoms with Crippen molar-refractivity contribution in [3.63, 3.8) is 0 Å². The number of hydrogen-bond donors (Lipinski definition) is 5. The molecule has 0 saturated heterocycles. The summed E-state index contributed by atoms with van der Waals surface area (Å²) in [5, 5.41) is 24.4. The van der Waals surface area contributed by atoms with E-state index >= 15 is 0 Å². The van der Waals surface area contributed by atoms with Crippen molar-refractivity contribution in [1.82, 2.24) is 21.3 Å². The number of alkyl carbamates (subject to hydrolysis) is 2. The van der Waals surface area contributed by atoms with Crippen LogP contribution in [-0.2, 0) is 48.0 Å². The van der Waals surface area contributed by atoms with Crippen LogP contribution in [0.2, 0.25) is 0 Å². The Balaban J connectivity index is 1.47. The summed E-state index contributed by atoms with van der Waals surface area (Å²) in [6.45, 7) is 7.01. The minimum atomic E-state index is -1.21. The number of carbonyl (C=O) groups is 6. The van der Waals surface area contributed by atoms with Crippen LogP contribution in [0.3, 0.4) is 0 Å². The van der Waals surface area contributed by atoms with Crippen LogP contribution in [0.25, 0.3) is 0 Å². The zero-order valence-corrected chi connectivity index (χ0v) is 34.9. The molecule has 64 heavy (non-hydrogen) atoms. The van der Waals surface area contributed by atoms with E-state index in [1.54, 1.807) is 78.9 Å². The van der Waals surface area contributed by atoms with Gasteiger partial charge in [0.05, 0.1) is 4.92 Å². The molecule has 5 amide bonds. The van der Waals surface area contributed by atoms with Crippen LogP contribution in [0.1, 0.15) is 36.0 Å². The molecule has 4 aromatic carbocycles. The molecule has 5 N–H and O–H groups in total. The normalized spacial score (nSPS) is 11.8. The van der Waals surface area contributed by atoms with Crippen molar-refractivity contribution in [3.8, 4) is 5.75 Å². The molecule has 336 valence electrons. The maximum absolute atomic E-state index is 14.2. The van der Waals surface area contributed by atoms with Crippen molar-refractivity contribution in [1.29, 1.82) is 0 Å². The lowest BCUT2D eigenvalue weighted by Gasteiger charge is -2.25. The van der Waals surface area contributed by atoms with E-state index in [2.05, 4.69) is 39.7 Å². The van der Waals surface area contributed by atoms with Gasteiger partial charge in [0, 0.05) is 37.2 Å². The first kappa shape index (κ1) is 48.6. The predicted octanol–water partition coefficient (Wildman–Crippen LogP) is 6.07. The fourth-order valence-corrected chi connectivity index (χ4v) is 5.92. The zero-order chi connectivity index (χ0) is 46.1. The summed E-state index contributed by atoms with van der Waals surface area (Å²) in [5.41, 5.74) is 2.16. The Morgan fingerprint density at radius 2 is 1.16 bits per heavy atom. The number of nitro groups is 1. The Morgan fingerprint density at radius 3 is 1.72 bits per heavy atom. The zero-order valence-electron chi connectivity index (χ0n) is 34.9. The number of amides is 5. The van der Waals surface area contributed by atoms with Crippen LogP contribution in [0.15, 0.2) is 135 Å². The van der Waals surface area contributed by atoms with Gasteiger partial charge < -0.3 is 45.5 Å². The molecule has 0 radical (unpaired) electrons. The first-order chi connectivity index (χ1) is 30.9. The molecule has 0 bridgehead atoms. The summed E-state index contributed by atoms with van der Waals surface area (Å²) >= 11 is 0. The highest BCUT2D eigenvalue weighted by molar-refractivity contribution is 5.99. The molecular weight excluding hydrogens is 829 g/mol. The van der Waals surface area contributed by atoms with Crippen molar-refractivity contribution in [2.45, 2.75) is 56.8 Å². The number of ether oxygens (including phenoxy) is 4. The van der Waals surface area contributed by atoms with Gasteiger partial charge in [-0.1, -0.05) is 98.1 Å². The van der Waals surface area contributed by atoms with Crippen LogP contribution >= 0.6 is 0 Å². The van der Waals surface area contributed by atoms with Gasteiger partial charge >= 0.3 is 18.3 Å². The summed E-state index contributed by atoms with van der Waals surface area (Å²) in [6.07, 6.45) is 1.32. The van der Waals surface area contributed by atoms with Gasteiger partial charge in [0.1, 0.15) is 43.7 Å². The molecule has 4 rings (SSSR count). The lowest BCUT2D eigenvalue weighted by molar-refractivity contribution is -0.384. The maximum Gasteiger partial charge on any atom is 0.514 e. The molecule has 4 aromatic rings. The molecule has 18 nitrogen and oxygen atoms in total. The van der Waals surface area contributed by atoms with Crippen molar-refractivity contribution in [2.75, 3.05) is 25.1 Å². The van der Waals surface area contributed by atoms with Gasteiger partial charge in [0.15, 0.2) is 0 Å². The number of non-ortho nitro benzene ring substituents is 1. The van der Waals surface area contributed by atoms with Gasteiger partial charge in [-0.3, -0.25) is 24.5 Å². The van der Waals surface area contributed by atoms with Gasteiger partial charge in [-0.15, -0.1) is 0 Å². The summed E-state index contributed by atoms with van der Waals surface area (Å²) < 4.78 is 20.2. The molecule has 0 heterocycles. The number of rotatable bonds is 24. The quantitative estimate of drug-likeness (QED) is 0.0103. The molecule has 3 atom stereocenters. The second-order valence-corrected chi connectivity index (χ2v) is 14.0. The van der Waals surface area contributed by atoms with E-state index in [9.17, 15) is 38.9 Å². The van der Waals surface area contributed by atoms with Gasteiger partial charge in [-0.05, 0) is 60.2 Å². The second kappa shape index (κ2) is 26.3. The third-order valence-electron chi connectivity index (χ3n) is 9.12. The monoisotopic (exact) mass is 878 g/mol. The molecule has 0 spiro atoms. The molecule has 0 aromatic heterocycles. The second-order valence-electron chi connectivity index (χ2n) is 14.0. The average molecular weight is 879 g/mol. The lowest BCUT2D eigenvalue weighted by atomic mass is 10.0.